The van der Waals surface area contributed by atoms with Crippen LogP contribution in [0.5, 0.6) is 0 Å². The molecule has 0 aromatic heterocycles. The summed E-state index contributed by atoms with van der Waals surface area (Å²) < 4.78 is 0. The van der Waals surface area contributed by atoms with Crippen molar-refractivity contribution in [2.75, 3.05) is 14.7 Å². The number of hydrogen-bond acceptors (Lipinski definition) is 3. The van der Waals surface area contributed by atoms with Crippen molar-refractivity contribution >= 4 is 68.6 Å². The molecule has 0 saturated heterocycles. The summed E-state index contributed by atoms with van der Waals surface area (Å²) in [4.78, 5) is 8.54. The molecule has 3 heterocycles. The molecule has 0 N–H and O–H groups in total. The summed E-state index contributed by atoms with van der Waals surface area (Å²) in [5, 5.41) is 0. The van der Waals surface area contributed by atoms with E-state index >= 15 is 0 Å². The summed E-state index contributed by atoms with van der Waals surface area (Å²) in [6.45, 7) is 51.8. The highest BCUT2D eigenvalue weighted by Gasteiger charge is 2.59. The maximum absolute atomic E-state index is 2.90. The van der Waals surface area contributed by atoms with Gasteiger partial charge in [0.15, 0.2) is 0 Å². The third kappa shape index (κ3) is 8.75. The van der Waals surface area contributed by atoms with Crippen molar-refractivity contribution in [3.05, 3.63) is 231 Å². The molecule has 2 atom stereocenters. The molecule has 3 aliphatic heterocycles. The third-order valence-electron chi connectivity index (χ3n) is 25.8. The van der Waals surface area contributed by atoms with Gasteiger partial charge in [0.25, 0.3) is 6.71 Å². The highest BCUT2D eigenvalue weighted by molar-refractivity contribution is 7.00. The van der Waals surface area contributed by atoms with Gasteiger partial charge in [0.2, 0.25) is 0 Å². The first-order chi connectivity index (χ1) is 44.5. The van der Waals surface area contributed by atoms with Crippen LogP contribution >= 0.6 is 0 Å². The number of nitrogens with zero attached hydrogens (tertiary/aromatic N) is 3. The van der Waals surface area contributed by atoms with Crippen LogP contribution in [-0.2, 0) is 48.7 Å². The minimum atomic E-state index is -0.272. The second kappa shape index (κ2) is 19.8. The lowest BCUT2D eigenvalue weighted by atomic mass is 9.32. The lowest BCUT2D eigenvalue weighted by Crippen LogP contribution is -2.62. The highest BCUT2D eigenvalue weighted by atomic mass is 15.3. The first kappa shape index (κ1) is 62.3. The first-order valence-electron chi connectivity index (χ1n) is 36.2. The van der Waals surface area contributed by atoms with Crippen molar-refractivity contribution in [3.63, 3.8) is 0 Å². The fourth-order valence-electron chi connectivity index (χ4n) is 20.9. The molecule has 484 valence electrons. The van der Waals surface area contributed by atoms with Crippen LogP contribution in [0.25, 0.3) is 22.3 Å². The summed E-state index contributed by atoms with van der Waals surface area (Å²) >= 11 is 0. The van der Waals surface area contributed by atoms with Crippen LogP contribution in [0, 0.1) is 6.92 Å². The van der Waals surface area contributed by atoms with Gasteiger partial charge in [0.05, 0.1) is 11.2 Å². The minimum Gasteiger partial charge on any atom is -0.334 e. The van der Waals surface area contributed by atoms with Crippen LogP contribution in [0.2, 0.25) is 0 Å². The molecule has 2 unspecified atom stereocenters. The van der Waals surface area contributed by atoms with Crippen molar-refractivity contribution in [1.82, 2.24) is 0 Å². The van der Waals surface area contributed by atoms with Crippen LogP contribution in [0.4, 0.5) is 45.5 Å². The van der Waals surface area contributed by atoms with E-state index in [4.69, 9.17) is 0 Å². The standard InChI is InChI=1S/C91H102BN3/c1-55-43-65-67(86(12,13)53-84(65,8)9)50-76(55)94-78-52-70-69(88(16,17)63-31-25-26-32-64(63)89(70,18)19)49-73(78)92-72-48-66-68(87(14,15)54-85(66,10)11)51-77(72)93(74-40-38-60(83(5,6)7)45-62(74)57-29-23-22-24-30-57)79-46-61(47-80(94)81(79)92)95-75-39-35-58(56-33-36-59(37-34-56)82(2,3)4)44-71(75)90(20)41-27-28-42-91(90,95)21/h22-26,29-40,43-52H,27-28,41-42,53-54H2,1-21H3. The fraction of sp³-hybridized carbons (Fsp3) is 0.407. The lowest BCUT2D eigenvalue weighted by molar-refractivity contribution is 0.195. The number of anilines is 8. The normalized spacial score (nSPS) is 22.2. The lowest BCUT2D eigenvalue weighted by Gasteiger charge is -2.51. The smallest absolute Gasteiger partial charge is 0.252 e. The van der Waals surface area contributed by atoms with E-state index in [1.165, 1.54) is 164 Å². The fourth-order valence-corrected chi connectivity index (χ4v) is 20.9. The van der Waals surface area contributed by atoms with Gasteiger partial charge in [0, 0.05) is 61.6 Å². The van der Waals surface area contributed by atoms with Crippen LogP contribution in [0.1, 0.15) is 244 Å². The highest BCUT2D eigenvalue weighted by Crippen LogP contribution is 2.64. The Morgan fingerprint density at radius 3 is 1.40 bits per heavy atom. The van der Waals surface area contributed by atoms with Crippen molar-refractivity contribution in [1.29, 1.82) is 0 Å². The molecule has 95 heavy (non-hydrogen) atoms. The van der Waals surface area contributed by atoms with Gasteiger partial charge in [-0.15, -0.1) is 0 Å². The molecule has 7 aliphatic rings. The molecule has 9 aromatic carbocycles. The van der Waals surface area contributed by atoms with Gasteiger partial charge in [-0.2, -0.15) is 0 Å². The van der Waals surface area contributed by atoms with E-state index in [0.717, 1.165) is 25.7 Å². The van der Waals surface area contributed by atoms with Gasteiger partial charge in [-0.3, -0.25) is 0 Å². The number of benzene rings is 9. The predicted octanol–water partition coefficient (Wildman–Crippen LogP) is 22.6. The summed E-state index contributed by atoms with van der Waals surface area (Å²) in [6, 6.07) is 67.0. The molecule has 0 radical (unpaired) electrons. The Labute approximate surface area is 570 Å². The zero-order chi connectivity index (χ0) is 67.2. The van der Waals surface area contributed by atoms with Crippen molar-refractivity contribution < 1.29 is 0 Å². The molecular formula is C91H102BN3. The predicted molar refractivity (Wildman–Crippen MR) is 408 cm³/mol. The molecule has 16 rings (SSSR count). The Hall–Kier alpha value is -7.56. The quantitative estimate of drug-likeness (QED) is 0.159. The first-order valence-corrected chi connectivity index (χ1v) is 36.2. The zero-order valence-corrected chi connectivity index (χ0v) is 61.3. The number of hydrogen-bond donors (Lipinski definition) is 0. The van der Waals surface area contributed by atoms with Crippen LogP contribution in [0.3, 0.4) is 0 Å². The summed E-state index contributed by atoms with van der Waals surface area (Å²) in [5.41, 5.74) is 35.7. The van der Waals surface area contributed by atoms with Crippen molar-refractivity contribution in [2.45, 2.75) is 238 Å². The molecule has 4 aliphatic carbocycles. The van der Waals surface area contributed by atoms with Crippen LogP contribution in [0.15, 0.2) is 164 Å². The third-order valence-corrected chi connectivity index (χ3v) is 25.8. The van der Waals surface area contributed by atoms with E-state index < -0.39 is 0 Å². The molecule has 1 saturated carbocycles. The zero-order valence-electron chi connectivity index (χ0n) is 61.3. The van der Waals surface area contributed by atoms with Crippen molar-refractivity contribution in [2.24, 2.45) is 0 Å². The molecule has 1 fully saturated rings. The summed E-state index contributed by atoms with van der Waals surface area (Å²) in [7, 11) is 0. The average Bonchev–Trinajstić information content (AvgIpc) is 1.57. The largest absolute Gasteiger partial charge is 0.334 e. The molecule has 0 bridgehead atoms. The summed E-state index contributed by atoms with van der Waals surface area (Å²) in [6.07, 6.45) is 6.83. The van der Waals surface area contributed by atoms with E-state index in [2.05, 4.69) is 324 Å². The van der Waals surface area contributed by atoms with Crippen molar-refractivity contribution in [3.8, 4) is 22.3 Å². The van der Waals surface area contributed by atoms with Gasteiger partial charge in [-0.25, -0.2) is 0 Å². The van der Waals surface area contributed by atoms with Crippen LogP contribution in [-0.4, -0.2) is 12.3 Å². The van der Waals surface area contributed by atoms with E-state index in [0.29, 0.717) is 0 Å². The number of rotatable bonds is 5. The number of fused-ring (bicyclic) bond motifs is 11. The average molecular weight is 1250 g/mol. The Morgan fingerprint density at radius 1 is 0.358 bits per heavy atom. The Kier molecular flexibility index (Phi) is 13.0. The second-order valence-corrected chi connectivity index (χ2v) is 36.8. The molecule has 9 aromatic rings. The van der Waals surface area contributed by atoms with Gasteiger partial charge < -0.3 is 14.7 Å². The SMILES string of the molecule is Cc1cc2c(cc1N1c3cc4c(cc3B3c5cc6c(cc5N(c5ccc(C(C)(C)C)cc5-c5ccccc5)c5cc(N7c8ccc(-c9ccc(C(C)(C)C)cc9)cc8C8(C)CCCCC78C)cc1c53)C(C)(C)CC6(C)C)C(C)(C)c1ccccc1C4(C)C)C(C)(C)CC2(C)C. The maximum Gasteiger partial charge on any atom is 0.252 e. The number of aryl methyl sites for hydroxylation is 1. The van der Waals surface area contributed by atoms with E-state index in [-0.39, 0.29) is 61.0 Å². The monoisotopic (exact) mass is 1250 g/mol. The van der Waals surface area contributed by atoms with Crippen LogP contribution < -0.4 is 31.1 Å². The van der Waals surface area contributed by atoms with E-state index in [9.17, 15) is 0 Å². The molecule has 3 nitrogen and oxygen atoms in total. The Morgan fingerprint density at radius 2 is 0.821 bits per heavy atom. The summed E-state index contributed by atoms with van der Waals surface area (Å²) in [5.74, 6) is 0. The van der Waals surface area contributed by atoms with E-state index in [1.54, 1.807) is 0 Å². The minimum absolute atomic E-state index is 0.0220. The van der Waals surface area contributed by atoms with Gasteiger partial charge >= 0.3 is 0 Å². The van der Waals surface area contributed by atoms with E-state index in [1.807, 2.05) is 0 Å². The molecule has 0 amide bonds. The topological polar surface area (TPSA) is 9.72 Å². The van der Waals surface area contributed by atoms with Gasteiger partial charge in [-0.1, -0.05) is 254 Å². The molecular weight excluding hydrogens is 1150 g/mol. The van der Waals surface area contributed by atoms with Gasteiger partial charge in [0.1, 0.15) is 0 Å². The molecule has 4 heteroatoms. The Balaban J connectivity index is 1.07. The van der Waals surface area contributed by atoms with Gasteiger partial charge in [-0.05, 0) is 226 Å². The maximum atomic E-state index is 2.90. The molecule has 0 spiro atoms. The second-order valence-electron chi connectivity index (χ2n) is 36.8. The Bertz CT molecular complexity index is 4740.